The van der Waals surface area contributed by atoms with Gasteiger partial charge in [-0.1, -0.05) is 54.3 Å². The summed E-state index contributed by atoms with van der Waals surface area (Å²) in [7, 11) is -3.74. The Hall–Kier alpha value is -3.36. The predicted molar refractivity (Wildman–Crippen MR) is 151 cm³/mol. The van der Waals surface area contributed by atoms with Crippen molar-refractivity contribution < 1.29 is 27.9 Å². The molecule has 1 amide bonds. The van der Waals surface area contributed by atoms with Gasteiger partial charge in [-0.05, 0) is 30.3 Å². The quantitative estimate of drug-likeness (QED) is 0.314. The number of thiocarbonyl (C=S) groups is 1. The van der Waals surface area contributed by atoms with Crippen LogP contribution < -0.4 is 0 Å². The van der Waals surface area contributed by atoms with Crippen LogP contribution in [0.4, 0.5) is 0 Å². The van der Waals surface area contributed by atoms with Crippen molar-refractivity contribution in [3.05, 3.63) is 71.3 Å². The number of benzene rings is 2. The van der Waals surface area contributed by atoms with Gasteiger partial charge in [-0.2, -0.15) is 9.40 Å². The topological polar surface area (TPSA) is 122 Å². The number of ether oxygens (including phenoxy) is 1. The van der Waals surface area contributed by atoms with Crippen LogP contribution in [-0.4, -0.2) is 81.6 Å². The maximum atomic E-state index is 13.3. The van der Waals surface area contributed by atoms with Crippen molar-refractivity contribution in [2.75, 3.05) is 32.8 Å². The SMILES string of the molecule is O=C(O)CCN1C(=O)/C(=C/c2cn(-c3ccccc3)nc2-c2cccc(S(=O)(=O)N3CCOCC3)c2)SC1=S. The summed E-state index contributed by atoms with van der Waals surface area (Å²) in [5, 5.41) is 13.8. The van der Waals surface area contributed by atoms with Crippen LogP contribution >= 0.6 is 24.0 Å². The lowest BCUT2D eigenvalue weighted by Crippen LogP contribution is -2.40. The van der Waals surface area contributed by atoms with E-state index in [4.69, 9.17) is 27.2 Å². The molecule has 0 spiro atoms. The molecule has 0 bridgehead atoms. The van der Waals surface area contributed by atoms with E-state index in [9.17, 15) is 18.0 Å². The molecule has 10 nitrogen and oxygen atoms in total. The van der Waals surface area contributed by atoms with E-state index < -0.39 is 16.0 Å². The first kappa shape index (κ1) is 27.2. The van der Waals surface area contributed by atoms with Gasteiger partial charge in [0.1, 0.15) is 10.0 Å². The van der Waals surface area contributed by atoms with Crippen molar-refractivity contribution in [2.45, 2.75) is 11.3 Å². The zero-order valence-electron chi connectivity index (χ0n) is 20.6. The number of aromatic nitrogens is 2. The van der Waals surface area contributed by atoms with Crippen LogP contribution in [0, 0.1) is 0 Å². The van der Waals surface area contributed by atoms with Crippen LogP contribution in [0.2, 0.25) is 0 Å². The molecule has 2 aliphatic rings. The number of carboxylic acid groups (broad SMARTS) is 1. The van der Waals surface area contributed by atoms with E-state index in [0.29, 0.717) is 34.9 Å². The van der Waals surface area contributed by atoms with Gasteiger partial charge in [-0.3, -0.25) is 14.5 Å². The number of carboxylic acids is 1. The Morgan fingerprint density at radius 3 is 2.59 bits per heavy atom. The normalized spacial score (nSPS) is 17.7. The third-order valence-corrected chi connectivity index (χ3v) is 9.46. The summed E-state index contributed by atoms with van der Waals surface area (Å²) >= 11 is 6.41. The molecule has 13 heteroatoms. The molecule has 2 fully saturated rings. The Kier molecular flexibility index (Phi) is 7.96. The van der Waals surface area contributed by atoms with Gasteiger partial charge in [-0.25, -0.2) is 13.1 Å². The first-order valence-electron chi connectivity index (χ1n) is 12.0. The lowest BCUT2D eigenvalue weighted by atomic mass is 10.1. The molecule has 2 aromatic carbocycles. The molecule has 0 unspecified atom stereocenters. The largest absolute Gasteiger partial charge is 0.481 e. The minimum Gasteiger partial charge on any atom is -0.481 e. The van der Waals surface area contributed by atoms with Crippen LogP contribution in [0.1, 0.15) is 12.0 Å². The van der Waals surface area contributed by atoms with Crippen molar-refractivity contribution in [2.24, 2.45) is 0 Å². The fourth-order valence-corrected chi connectivity index (χ4v) is 6.97. The monoisotopic (exact) mass is 584 g/mol. The molecule has 1 aromatic heterocycles. The van der Waals surface area contributed by atoms with Crippen LogP contribution in [0.25, 0.3) is 23.0 Å². The van der Waals surface area contributed by atoms with E-state index in [2.05, 4.69) is 0 Å². The molecule has 0 aliphatic carbocycles. The Bertz CT molecular complexity index is 1560. The van der Waals surface area contributed by atoms with Crippen molar-refractivity contribution in [1.82, 2.24) is 19.0 Å². The van der Waals surface area contributed by atoms with Crippen LogP contribution in [0.5, 0.6) is 0 Å². The zero-order valence-corrected chi connectivity index (χ0v) is 23.0. The second-order valence-corrected chi connectivity index (χ2v) is 12.3. The van der Waals surface area contributed by atoms with Gasteiger partial charge in [0.05, 0.1) is 35.1 Å². The van der Waals surface area contributed by atoms with Crippen LogP contribution in [0.3, 0.4) is 0 Å². The Morgan fingerprint density at radius 1 is 1.13 bits per heavy atom. The number of nitrogens with zero attached hydrogens (tertiary/aromatic N) is 4. The number of carbonyl (C=O) groups is 2. The lowest BCUT2D eigenvalue weighted by molar-refractivity contribution is -0.137. The second-order valence-electron chi connectivity index (χ2n) is 8.73. The molecular weight excluding hydrogens is 561 g/mol. The number of hydrogen-bond acceptors (Lipinski definition) is 8. The van der Waals surface area contributed by atoms with Gasteiger partial charge >= 0.3 is 5.97 Å². The van der Waals surface area contributed by atoms with Gasteiger partial charge in [-0.15, -0.1) is 0 Å². The molecular formula is C26H24N4O6S3. The van der Waals surface area contributed by atoms with Crippen molar-refractivity contribution >= 4 is 56.3 Å². The van der Waals surface area contributed by atoms with Gasteiger partial charge in [0, 0.05) is 37.0 Å². The molecule has 3 heterocycles. The summed E-state index contributed by atoms with van der Waals surface area (Å²) in [6.45, 7) is 1.23. The number of hydrogen-bond donors (Lipinski definition) is 1. The van der Waals surface area contributed by atoms with E-state index in [1.165, 1.54) is 9.21 Å². The summed E-state index contributed by atoms with van der Waals surface area (Å²) in [6.07, 6.45) is 3.20. The number of amides is 1. The fraction of sp³-hybridized carbons (Fsp3) is 0.231. The van der Waals surface area contributed by atoms with E-state index in [1.807, 2.05) is 30.3 Å². The summed E-state index contributed by atoms with van der Waals surface area (Å²) in [5.74, 6) is -1.40. The van der Waals surface area contributed by atoms with E-state index in [0.717, 1.165) is 17.4 Å². The number of morpholine rings is 1. The number of para-hydroxylation sites is 1. The molecule has 5 rings (SSSR count). The van der Waals surface area contributed by atoms with Crippen molar-refractivity contribution in [3.63, 3.8) is 0 Å². The molecule has 0 radical (unpaired) electrons. The number of rotatable bonds is 8. The minimum atomic E-state index is -3.74. The molecule has 2 saturated heterocycles. The van der Waals surface area contributed by atoms with Gasteiger partial charge in [0.25, 0.3) is 5.91 Å². The summed E-state index contributed by atoms with van der Waals surface area (Å²) in [5.41, 5.74) is 2.41. The van der Waals surface area contributed by atoms with Crippen molar-refractivity contribution in [1.29, 1.82) is 0 Å². The zero-order chi connectivity index (χ0) is 27.6. The summed E-state index contributed by atoms with van der Waals surface area (Å²) in [6, 6.07) is 16.0. The number of sulfonamides is 1. The smallest absolute Gasteiger partial charge is 0.305 e. The Labute approximate surface area is 234 Å². The molecule has 2 aliphatic heterocycles. The Balaban J connectivity index is 1.55. The van der Waals surface area contributed by atoms with Gasteiger partial charge in [0.2, 0.25) is 10.0 Å². The average Bonchev–Trinajstić information content (AvgIpc) is 3.48. The lowest BCUT2D eigenvalue weighted by Gasteiger charge is -2.26. The highest BCUT2D eigenvalue weighted by Crippen LogP contribution is 2.35. The highest BCUT2D eigenvalue weighted by molar-refractivity contribution is 8.26. The Morgan fingerprint density at radius 2 is 1.87 bits per heavy atom. The van der Waals surface area contributed by atoms with E-state index >= 15 is 0 Å². The summed E-state index contributed by atoms with van der Waals surface area (Å²) < 4.78 is 35.3. The molecule has 39 heavy (non-hydrogen) atoms. The maximum absolute atomic E-state index is 13.3. The fourth-order valence-electron chi connectivity index (χ4n) is 4.21. The average molecular weight is 585 g/mol. The third kappa shape index (κ3) is 5.82. The predicted octanol–water partition coefficient (Wildman–Crippen LogP) is 3.24. The second kappa shape index (κ2) is 11.4. The molecule has 202 valence electrons. The van der Waals surface area contributed by atoms with E-state index in [-0.39, 0.29) is 41.2 Å². The van der Waals surface area contributed by atoms with Crippen LogP contribution in [0.15, 0.2) is 70.6 Å². The van der Waals surface area contributed by atoms with Gasteiger partial charge < -0.3 is 9.84 Å². The highest BCUT2D eigenvalue weighted by Gasteiger charge is 2.33. The molecule has 0 atom stereocenters. The number of aliphatic carboxylic acids is 1. The molecule has 1 N–H and O–H groups in total. The first-order valence-corrected chi connectivity index (χ1v) is 14.7. The minimum absolute atomic E-state index is 0.0189. The first-order chi connectivity index (χ1) is 18.7. The molecule has 3 aromatic rings. The maximum Gasteiger partial charge on any atom is 0.305 e. The number of carbonyl (C=O) groups excluding carboxylic acids is 1. The number of thioether (sulfide) groups is 1. The summed E-state index contributed by atoms with van der Waals surface area (Å²) in [4.78, 5) is 25.8. The van der Waals surface area contributed by atoms with E-state index in [1.54, 1.807) is 41.2 Å². The van der Waals surface area contributed by atoms with Gasteiger partial charge in [0.15, 0.2) is 0 Å². The highest BCUT2D eigenvalue weighted by atomic mass is 32.2. The van der Waals surface area contributed by atoms with Crippen LogP contribution in [-0.2, 0) is 24.3 Å². The third-order valence-electron chi connectivity index (χ3n) is 6.19. The molecule has 0 saturated carbocycles. The van der Waals surface area contributed by atoms with Crippen molar-refractivity contribution in [3.8, 4) is 16.9 Å². The standard InChI is InChI=1S/C26H24N4O6S3/c31-23(32)9-10-29-25(33)22(38-26(29)37)16-19-17-30(20-6-2-1-3-7-20)27-24(19)18-5-4-8-21(15-18)39(34,35)28-11-13-36-14-12-28/h1-8,15-17H,9-14H2,(H,31,32)/b22-16-.